The molecule has 0 spiro atoms. The molecule has 0 aliphatic heterocycles. The van der Waals surface area contributed by atoms with E-state index >= 15 is 0 Å². The number of nitrogens with zero attached hydrogens (tertiary/aromatic N) is 1. The Kier molecular flexibility index (Phi) is 6.01. The Morgan fingerprint density at radius 2 is 1.50 bits per heavy atom. The topological polar surface area (TPSA) is 61.4 Å². The lowest BCUT2D eigenvalue weighted by Crippen LogP contribution is -2.56. The quantitative estimate of drug-likeness (QED) is 0.574. The van der Waals surface area contributed by atoms with Gasteiger partial charge in [-0.25, -0.2) is 28.4 Å². The maximum atomic E-state index is 13.8. The zero-order chi connectivity index (χ0) is 21.2. The summed E-state index contributed by atoms with van der Waals surface area (Å²) in [6.45, 7) is 8.79. The predicted molar refractivity (Wildman–Crippen MR) is 100 cm³/mol. The summed E-state index contributed by atoms with van der Waals surface area (Å²) in [5, 5.41) is 3.18. The van der Waals surface area contributed by atoms with Crippen LogP contribution in [0.3, 0.4) is 0 Å². The van der Waals surface area contributed by atoms with Gasteiger partial charge in [-0.2, -0.15) is 0 Å². The molecule has 0 aliphatic rings. The van der Waals surface area contributed by atoms with Crippen molar-refractivity contribution >= 4 is 17.6 Å². The molecular weight excluding hydrogens is 371 g/mol. The van der Waals surface area contributed by atoms with Crippen LogP contribution in [0.25, 0.3) is 0 Å². The zero-order valence-corrected chi connectivity index (χ0v) is 16.3. The first kappa shape index (κ1) is 21.3. The van der Waals surface area contributed by atoms with Crippen LogP contribution in [0.4, 0.5) is 23.7 Å². The fourth-order valence-electron chi connectivity index (χ4n) is 2.62. The Balaban J connectivity index is 2.26. The zero-order valence-electron chi connectivity index (χ0n) is 16.3. The number of hydrogen-bond donors (Lipinski definition) is 2. The van der Waals surface area contributed by atoms with E-state index in [0.29, 0.717) is 11.6 Å². The van der Waals surface area contributed by atoms with Gasteiger partial charge in [0.2, 0.25) is 0 Å². The molecule has 2 aromatic carbocycles. The predicted octanol–water partition coefficient (Wildman–Crippen LogP) is 4.70. The average Bonchev–Trinajstić information content (AvgIpc) is 2.58. The molecule has 3 amide bonds. The molecular formula is C20H22F3N3O2. The Hall–Kier alpha value is -3.03. The summed E-state index contributed by atoms with van der Waals surface area (Å²) in [7, 11) is 0. The fraction of sp³-hybridized carbons (Fsp3) is 0.300. The van der Waals surface area contributed by atoms with E-state index in [1.807, 2.05) is 19.9 Å². The highest BCUT2D eigenvalue weighted by Gasteiger charge is 2.30. The number of urea groups is 1. The lowest BCUT2D eigenvalue weighted by molar-refractivity contribution is 0.0460. The second-order valence-electron chi connectivity index (χ2n) is 7.48. The molecule has 0 saturated heterocycles. The molecule has 0 bridgehead atoms. The van der Waals surface area contributed by atoms with Gasteiger partial charge >= 0.3 is 6.03 Å². The summed E-state index contributed by atoms with van der Waals surface area (Å²) < 4.78 is 40.1. The summed E-state index contributed by atoms with van der Waals surface area (Å²) in [6, 6.07) is 5.88. The Morgan fingerprint density at radius 1 is 0.929 bits per heavy atom. The van der Waals surface area contributed by atoms with Crippen molar-refractivity contribution in [2.75, 3.05) is 5.32 Å². The Labute approximate surface area is 161 Å². The second kappa shape index (κ2) is 7.92. The van der Waals surface area contributed by atoms with Gasteiger partial charge in [-0.15, -0.1) is 0 Å². The van der Waals surface area contributed by atoms with E-state index in [1.54, 1.807) is 32.9 Å². The second-order valence-corrected chi connectivity index (χ2v) is 7.48. The molecule has 0 fully saturated rings. The van der Waals surface area contributed by atoms with Crippen LogP contribution in [-0.2, 0) is 0 Å². The Bertz CT molecular complexity index is 903. The van der Waals surface area contributed by atoms with Crippen molar-refractivity contribution in [3.05, 3.63) is 64.5 Å². The molecule has 2 rings (SSSR count). The molecule has 0 unspecified atom stereocenters. The highest BCUT2D eigenvalue weighted by Crippen LogP contribution is 2.21. The number of hydrazine groups is 1. The third-order valence-corrected chi connectivity index (χ3v) is 3.84. The molecule has 0 radical (unpaired) electrons. The van der Waals surface area contributed by atoms with Crippen LogP contribution in [0.1, 0.15) is 42.3 Å². The third-order valence-electron chi connectivity index (χ3n) is 3.84. The van der Waals surface area contributed by atoms with E-state index in [2.05, 4.69) is 10.7 Å². The van der Waals surface area contributed by atoms with Crippen molar-refractivity contribution in [2.45, 2.75) is 40.2 Å². The SMILES string of the molecule is Cc1cc(C)cc(C(=O)N(NC(=O)Nc2ccc(F)c(F)c2F)C(C)(C)C)c1. The van der Waals surface area contributed by atoms with Crippen molar-refractivity contribution in [1.29, 1.82) is 0 Å². The number of aryl methyl sites for hydroxylation is 2. The van der Waals surface area contributed by atoms with Crippen LogP contribution in [0.2, 0.25) is 0 Å². The standard InChI is InChI=1S/C20H22F3N3O2/c1-11-8-12(2)10-13(9-11)18(27)26(20(3,4)5)25-19(28)24-15-7-6-14(21)16(22)17(15)23/h6-10H,1-5H3,(H2,24,25,28). The average molecular weight is 393 g/mol. The number of benzene rings is 2. The van der Waals surface area contributed by atoms with Gasteiger partial charge in [0.15, 0.2) is 17.5 Å². The molecule has 0 aliphatic carbocycles. The van der Waals surface area contributed by atoms with Gasteiger partial charge in [0.1, 0.15) is 0 Å². The summed E-state index contributed by atoms with van der Waals surface area (Å²) in [5.41, 5.74) is 3.11. The highest BCUT2D eigenvalue weighted by molar-refractivity contribution is 5.97. The minimum absolute atomic E-state index is 0.367. The van der Waals surface area contributed by atoms with Gasteiger partial charge in [0.05, 0.1) is 11.2 Å². The maximum absolute atomic E-state index is 13.8. The summed E-state index contributed by atoms with van der Waals surface area (Å²) >= 11 is 0. The largest absolute Gasteiger partial charge is 0.338 e. The van der Waals surface area contributed by atoms with Crippen LogP contribution in [0.5, 0.6) is 0 Å². The van der Waals surface area contributed by atoms with Crippen LogP contribution in [-0.4, -0.2) is 22.5 Å². The van der Waals surface area contributed by atoms with Gasteiger partial charge in [0.25, 0.3) is 5.91 Å². The van der Waals surface area contributed by atoms with Crippen molar-refractivity contribution in [3.8, 4) is 0 Å². The lowest BCUT2D eigenvalue weighted by atomic mass is 10.0. The van der Waals surface area contributed by atoms with Gasteiger partial charge in [-0.1, -0.05) is 17.2 Å². The van der Waals surface area contributed by atoms with Crippen LogP contribution in [0.15, 0.2) is 30.3 Å². The van der Waals surface area contributed by atoms with Gasteiger partial charge in [0, 0.05) is 5.56 Å². The maximum Gasteiger partial charge on any atom is 0.338 e. The number of hydrogen-bond acceptors (Lipinski definition) is 2. The first-order chi connectivity index (χ1) is 12.9. The Morgan fingerprint density at radius 3 is 2.04 bits per heavy atom. The van der Waals surface area contributed by atoms with Crippen molar-refractivity contribution in [2.24, 2.45) is 0 Å². The molecule has 28 heavy (non-hydrogen) atoms. The number of halogens is 3. The normalized spacial score (nSPS) is 11.1. The molecule has 8 heteroatoms. The molecule has 0 atom stereocenters. The monoisotopic (exact) mass is 393 g/mol. The van der Waals surface area contributed by atoms with Crippen molar-refractivity contribution in [1.82, 2.24) is 10.4 Å². The fourth-order valence-corrected chi connectivity index (χ4v) is 2.62. The molecule has 0 aromatic heterocycles. The molecule has 5 nitrogen and oxygen atoms in total. The van der Waals surface area contributed by atoms with Gasteiger partial charge < -0.3 is 5.32 Å². The van der Waals surface area contributed by atoms with Crippen molar-refractivity contribution in [3.63, 3.8) is 0 Å². The first-order valence-corrected chi connectivity index (χ1v) is 8.54. The van der Waals surface area contributed by atoms with E-state index in [4.69, 9.17) is 0 Å². The summed E-state index contributed by atoms with van der Waals surface area (Å²) in [6.07, 6.45) is 0. The molecule has 0 heterocycles. The van der Waals surface area contributed by atoms with E-state index in [9.17, 15) is 22.8 Å². The molecule has 0 saturated carbocycles. The van der Waals surface area contributed by atoms with Gasteiger partial charge in [-0.3, -0.25) is 4.79 Å². The van der Waals surface area contributed by atoms with Crippen LogP contribution in [0, 0.1) is 31.3 Å². The number of amides is 3. The highest BCUT2D eigenvalue weighted by atomic mass is 19.2. The first-order valence-electron chi connectivity index (χ1n) is 8.54. The third kappa shape index (κ3) is 4.82. The van der Waals surface area contributed by atoms with E-state index in [0.717, 1.165) is 22.2 Å². The minimum Gasteiger partial charge on any atom is -0.304 e. The van der Waals surface area contributed by atoms with Crippen LogP contribution >= 0.6 is 0 Å². The smallest absolute Gasteiger partial charge is 0.304 e. The molecule has 2 N–H and O–H groups in total. The summed E-state index contributed by atoms with van der Waals surface area (Å²) in [4.78, 5) is 25.2. The number of anilines is 1. The molecule has 150 valence electrons. The minimum atomic E-state index is -1.70. The van der Waals surface area contributed by atoms with Crippen molar-refractivity contribution < 1.29 is 22.8 Å². The number of rotatable bonds is 2. The summed E-state index contributed by atoms with van der Waals surface area (Å²) in [5.74, 6) is -5.07. The number of nitrogens with one attached hydrogen (secondary N) is 2. The number of carbonyl (C=O) groups is 2. The van der Waals surface area contributed by atoms with Gasteiger partial charge in [-0.05, 0) is 58.9 Å². The van der Waals surface area contributed by atoms with Crippen LogP contribution < -0.4 is 10.7 Å². The van der Waals surface area contributed by atoms with E-state index in [-0.39, 0.29) is 0 Å². The van der Waals surface area contributed by atoms with E-state index < -0.39 is 40.6 Å². The lowest BCUT2D eigenvalue weighted by Gasteiger charge is -2.35. The molecule has 2 aromatic rings. The van der Waals surface area contributed by atoms with E-state index in [1.165, 1.54) is 0 Å². The number of carbonyl (C=O) groups excluding carboxylic acids is 2.